The largest absolute Gasteiger partial charge is 0.460 e. The molecule has 1 amide bonds. The summed E-state index contributed by atoms with van der Waals surface area (Å²) < 4.78 is 5.23. The second-order valence-corrected chi connectivity index (χ2v) is 7.48. The van der Waals surface area contributed by atoms with Crippen LogP contribution in [0.15, 0.2) is 4.79 Å². The van der Waals surface area contributed by atoms with E-state index in [2.05, 4.69) is 25.9 Å². The third kappa shape index (κ3) is 6.39. The molecule has 172 valence electrons. The fourth-order valence-electron chi connectivity index (χ4n) is 2.89. The molecule has 0 bridgehead atoms. The van der Waals surface area contributed by atoms with Crippen molar-refractivity contribution in [2.45, 2.75) is 63.9 Å². The van der Waals surface area contributed by atoms with Crippen LogP contribution in [0.5, 0.6) is 0 Å². The summed E-state index contributed by atoms with van der Waals surface area (Å²) in [4.78, 5) is 53.5. The number of aromatic nitrogens is 2. The number of anilines is 3. The summed E-state index contributed by atoms with van der Waals surface area (Å²) in [6, 6.07) is -2.29. The van der Waals surface area contributed by atoms with E-state index in [-0.39, 0.29) is 42.6 Å². The van der Waals surface area contributed by atoms with Gasteiger partial charge in [0.15, 0.2) is 11.6 Å². The number of rotatable bonds is 9. The molecule has 0 saturated carbocycles. The fourth-order valence-corrected chi connectivity index (χ4v) is 2.89. The number of aromatic amines is 1. The second kappa shape index (κ2) is 10.2. The molecule has 0 aliphatic carbocycles. The second-order valence-electron chi connectivity index (χ2n) is 7.48. The average Bonchev–Trinajstić information content (AvgIpc) is 2.70. The molecule has 31 heavy (non-hydrogen) atoms. The maximum Gasteiger partial charge on any atom is 0.306 e. The van der Waals surface area contributed by atoms with E-state index in [0.29, 0.717) is 0 Å². The zero-order valence-corrected chi connectivity index (χ0v) is 17.6. The minimum atomic E-state index is -1.14. The van der Waals surface area contributed by atoms with E-state index in [1.54, 1.807) is 0 Å². The van der Waals surface area contributed by atoms with Crippen LogP contribution in [-0.4, -0.2) is 69.6 Å². The van der Waals surface area contributed by atoms with Crippen LogP contribution in [0.25, 0.3) is 0 Å². The van der Waals surface area contributed by atoms with Crippen LogP contribution >= 0.6 is 0 Å². The van der Waals surface area contributed by atoms with Crippen molar-refractivity contribution < 1.29 is 24.2 Å². The molecule has 2 heterocycles. The van der Waals surface area contributed by atoms with Crippen molar-refractivity contribution in [3.05, 3.63) is 10.4 Å². The molecule has 1 aromatic rings. The molecule has 9 N–H and O–H groups in total. The number of carbonyl (C=O) groups excluding carboxylic acids is 3. The molecule has 0 radical (unpaired) electrons. The topological polar surface area (TPSA) is 215 Å². The molecule has 0 saturated heterocycles. The molecule has 13 nitrogen and oxygen atoms in total. The molecule has 2 rings (SSSR count). The first kappa shape index (κ1) is 24.1. The van der Waals surface area contributed by atoms with E-state index in [9.17, 15) is 24.3 Å². The predicted molar refractivity (Wildman–Crippen MR) is 112 cm³/mol. The van der Waals surface area contributed by atoms with Crippen molar-refractivity contribution >= 4 is 35.1 Å². The lowest BCUT2D eigenvalue weighted by atomic mass is 10.0. The predicted octanol–water partition coefficient (Wildman–Crippen LogP) is -1.95. The average molecular weight is 439 g/mol. The Morgan fingerprint density at radius 2 is 2.03 bits per heavy atom. The van der Waals surface area contributed by atoms with Gasteiger partial charge >= 0.3 is 5.97 Å². The van der Waals surface area contributed by atoms with Crippen molar-refractivity contribution in [3.63, 3.8) is 0 Å². The Morgan fingerprint density at radius 1 is 1.35 bits per heavy atom. The van der Waals surface area contributed by atoms with Crippen LogP contribution < -0.4 is 33.0 Å². The lowest BCUT2D eigenvalue weighted by Gasteiger charge is -2.32. The number of H-pyrrole nitrogens is 1. The lowest BCUT2D eigenvalue weighted by Crippen LogP contribution is -2.50. The summed E-state index contributed by atoms with van der Waals surface area (Å²) in [5.74, 6) is -1.18. The van der Waals surface area contributed by atoms with E-state index in [0.717, 1.165) is 0 Å². The molecule has 0 aromatic carbocycles. The van der Waals surface area contributed by atoms with Crippen LogP contribution in [0.2, 0.25) is 0 Å². The van der Waals surface area contributed by atoms with Gasteiger partial charge in [-0.2, -0.15) is 4.98 Å². The highest BCUT2D eigenvalue weighted by Gasteiger charge is 2.32. The van der Waals surface area contributed by atoms with Crippen LogP contribution in [0.4, 0.5) is 17.5 Å². The zero-order chi connectivity index (χ0) is 23.3. The van der Waals surface area contributed by atoms with E-state index >= 15 is 0 Å². The van der Waals surface area contributed by atoms with Gasteiger partial charge in [-0.1, -0.05) is 0 Å². The minimum absolute atomic E-state index is 0.0111. The Bertz CT molecular complexity index is 889. The maximum atomic E-state index is 12.1. The highest BCUT2D eigenvalue weighted by atomic mass is 16.6. The number of fused-ring (bicyclic) bond motifs is 1. The SMILES string of the molecule is CC(=O)[C@H](C)NC(=O)[C@H](N)CCC(=O)O[C@@H](C)[C@H](O)[C@H]1CNc2nc(N)[nH]c(=O)c2N1. The summed E-state index contributed by atoms with van der Waals surface area (Å²) in [6.07, 6.45) is -2.19. The summed E-state index contributed by atoms with van der Waals surface area (Å²) in [5.41, 5.74) is 10.9. The molecule has 1 aromatic heterocycles. The molecule has 5 atom stereocenters. The van der Waals surface area contributed by atoms with Crippen molar-refractivity contribution in [1.29, 1.82) is 0 Å². The number of aliphatic hydroxyl groups excluding tert-OH is 1. The Kier molecular flexibility index (Phi) is 7.94. The number of hydrogen-bond donors (Lipinski definition) is 7. The number of nitrogens with zero attached hydrogens (tertiary/aromatic N) is 1. The smallest absolute Gasteiger partial charge is 0.306 e. The van der Waals surface area contributed by atoms with Crippen molar-refractivity contribution in [2.75, 3.05) is 22.9 Å². The van der Waals surface area contributed by atoms with E-state index in [4.69, 9.17) is 16.2 Å². The number of aliphatic hydroxyl groups is 1. The third-order valence-corrected chi connectivity index (χ3v) is 4.93. The first-order chi connectivity index (χ1) is 14.5. The van der Waals surface area contributed by atoms with E-state index in [1.807, 2.05) is 0 Å². The molecular formula is C18H29N7O6. The zero-order valence-electron chi connectivity index (χ0n) is 17.6. The standard InChI is InChI=1S/C18H29N7O6/c1-7(8(2)26)22-16(29)10(19)4-5-12(27)31-9(3)14(28)11-6-21-15-13(23-11)17(30)25-18(20)24-15/h7,9-11,14,23,28H,4-6,19H2,1-3H3,(H,22,29)(H4,20,21,24,25,30)/t7-,9-,10+,11+,14-/m0/s1. The summed E-state index contributed by atoms with van der Waals surface area (Å²) >= 11 is 0. The number of Topliss-reactive ketones (excluding diaryl/α,β-unsaturated/α-hetero) is 1. The van der Waals surface area contributed by atoms with Gasteiger partial charge in [-0.15, -0.1) is 0 Å². The Hall–Kier alpha value is -3.19. The molecule has 1 aliphatic heterocycles. The maximum absolute atomic E-state index is 12.1. The molecular weight excluding hydrogens is 410 g/mol. The van der Waals surface area contributed by atoms with Gasteiger partial charge in [0.1, 0.15) is 17.9 Å². The minimum Gasteiger partial charge on any atom is -0.460 e. The summed E-state index contributed by atoms with van der Waals surface area (Å²) in [5, 5.41) is 18.8. The number of ether oxygens (including phenoxy) is 1. The van der Waals surface area contributed by atoms with Gasteiger partial charge in [0.05, 0.1) is 18.1 Å². The number of nitrogen functional groups attached to an aromatic ring is 1. The van der Waals surface area contributed by atoms with Gasteiger partial charge in [0.25, 0.3) is 5.56 Å². The van der Waals surface area contributed by atoms with Gasteiger partial charge < -0.3 is 37.3 Å². The van der Waals surface area contributed by atoms with Gasteiger partial charge in [0, 0.05) is 13.0 Å². The number of amides is 1. The molecule has 13 heteroatoms. The number of carbonyl (C=O) groups is 3. The van der Waals surface area contributed by atoms with Gasteiger partial charge in [-0.05, 0) is 27.2 Å². The number of ketones is 1. The van der Waals surface area contributed by atoms with Gasteiger partial charge in [-0.25, -0.2) is 0 Å². The number of esters is 1. The summed E-state index contributed by atoms with van der Waals surface area (Å²) in [7, 11) is 0. The molecule has 0 fully saturated rings. The van der Waals surface area contributed by atoms with Crippen LogP contribution in [0.1, 0.15) is 33.6 Å². The number of nitrogens with two attached hydrogens (primary N) is 2. The molecule has 0 unspecified atom stereocenters. The Labute approximate surface area is 178 Å². The fraction of sp³-hybridized carbons (Fsp3) is 0.611. The van der Waals surface area contributed by atoms with Gasteiger partial charge in [-0.3, -0.25) is 24.2 Å². The van der Waals surface area contributed by atoms with Gasteiger partial charge in [0.2, 0.25) is 11.9 Å². The van der Waals surface area contributed by atoms with Crippen LogP contribution in [0.3, 0.4) is 0 Å². The van der Waals surface area contributed by atoms with E-state index < -0.39 is 47.8 Å². The number of hydrogen-bond acceptors (Lipinski definition) is 11. The monoisotopic (exact) mass is 439 g/mol. The quantitative estimate of drug-likeness (QED) is 0.210. The third-order valence-electron chi connectivity index (χ3n) is 4.93. The molecule has 0 spiro atoms. The highest BCUT2D eigenvalue weighted by Crippen LogP contribution is 2.22. The van der Waals surface area contributed by atoms with Crippen molar-refractivity contribution in [1.82, 2.24) is 15.3 Å². The number of nitrogens with one attached hydrogen (secondary N) is 4. The highest BCUT2D eigenvalue weighted by molar-refractivity contribution is 5.89. The van der Waals surface area contributed by atoms with Crippen molar-refractivity contribution in [3.8, 4) is 0 Å². The van der Waals surface area contributed by atoms with E-state index in [1.165, 1.54) is 20.8 Å². The summed E-state index contributed by atoms with van der Waals surface area (Å²) in [6.45, 7) is 4.60. The normalized spacial score (nSPS) is 18.9. The Morgan fingerprint density at radius 3 is 2.68 bits per heavy atom. The van der Waals surface area contributed by atoms with Crippen LogP contribution in [-0.2, 0) is 19.1 Å². The first-order valence-electron chi connectivity index (χ1n) is 9.83. The Balaban J connectivity index is 1.83. The van der Waals surface area contributed by atoms with Crippen molar-refractivity contribution in [2.24, 2.45) is 5.73 Å². The first-order valence-corrected chi connectivity index (χ1v) is 9.83. The van der Waals surface area contributed by atoms with Crippen LogP contribution in [0, 0.1) is 0 Å². The lowest BCUT2D eigenvalue weighted by molar-refractivity contribution is -0.154. The molecule has 1 aliphatic rings.